The number of benzene rings is 2. The van der Waals surface area contributed by atoms with E-state index in [9.17, 15) is 9.90 Å². The van der Waals surface area contributed by atoms with E-state index >= 15 is 0 Å². The molecule has 1 unspecified atom stereocenters. The van der Waals surface area contributed by atoms with Crippen LogP contribution in [0.25, 0.3) is 21.9 Å². The molecule has 1 aromatic heterocycles. The monoisotopic (exact) mass is 270 g/mol. The van der Waals surface area contributed by atoms with Crippen LogP contribution in [-0.2, 0) is 15.1 Å². The third-order valence-electron chi connectivity index (χ3n) is 3.74. The van der Waals surface area contributed by atoms with Gasteiger partial charge in [0.1, 0.15) is 11.2 Å². The van der Waals surface area contributed by atoms with E-state index < -0.39 is 11.6 Å². The molecule has 3 aromatic rings. The van der Waals surface area contributed by atoms with Crippen LogP contribution in [0, 0.1) is 0 Å². The van der Waals surface area contributed by atoms with Gasteiger partial charge in [0.25, 0.3) is 0 Å². The number of methoxy groups -OCH3 is 1. The first-order chi connectivity index (χ1) is 9.56. The van der Waals surface area contributed by atoms with Gasteiger partial charge in [0, 0.05) is 17.9 Å². The van der Waals surface area contributed by atoms with Gasteiger partial charge < -0.3 is 14.3 Å². The van der Waals surface area contributed by atoms with Crippen LogP contribution in [0.5, 0.6) is 0 Å². The number of rotatable bonds is 3. The van der Waals surface area contributed by atoms with E-state index in [0.29, 0.717) is 5.56 Å². The van der Waals surface area contributed by atoms with E-state index in [2.05, 4.69) is 0 Å². The Morgan fingerprint density at radius 3 is 2.55 bits per heavy atom. The summed E-state index contributed by atoms with van der Waals surface area (Å²) in [4.78, 5) is 11.4. The van der Waals surface area contributed by atoms with Crippen molar-refractivity contribution in [3.8, 4) is 0 Å². The van der Waals surface area contributed by atoms with Crippen molar-refractivity contribution in [2.45, 2.75) is 12.5 Å². The number of carboxylic acids is 1. The van der Waals surface area contributed by atoms with Crippen molar-refractivity contribution >= 4 is 27.9 Å². The molecule has 0 saturated heterocycles. The Balaban J connectivity index is 2.29. The summed E-state index contributed by atoms with van der Waals surface area (Å²) < 4.78 is 10.9. The lowest BCUT2D eigenvalue weighted by Crippen LogP contribution is -2.34. The Morgan fingerprint density at radius 1 is 1.15 bits per heavy atom. The van der Waals surface area contributed by atoms with E-state index in [-0.39, 0.29) is 0 Å². The standard InChI is InChI=1S/C16H14O4/c1-16(19-2,15(17)18)10-7-8-14-12(9-10)11-5-3-4-6-13(11)20-14/h3-9H,1-2H3,(H,17,18). The van der Waals surface area contributed by atoms with Crippen LogP contribution >= 0.6 is 0 Å². The Kier molecular flexibility index (Phi) is 2.76. The number of fused-ring (bicyclic) bond motifs is 3. The minimum Gasteiger partial charge on any atom is -0.479 e. The summed E-state index contributed by atoms with van der Waals surface area (Å²) in [5.41, 5.74) is 0.742. The predicted molar refractivity (Wildman–Crippen MR) is 75.7 cm³/mol. The van der Waals surface area contributed by atoms with Crippen LogP contribution in [0.2, 0.25) is 0 Å². The van der Waals surface area contributed by atoms with Crippen LogP contribution in [0.4, 0.5) is 0 Å². The molecule has 0 aliphatic rings. The number of furan rings is 1. The van der Waals surface area contributed by atoms with Crippen molar-refractivity contribution in [2.75, 3.05) is 7.11 Å². The third kappa shape index (κ3) is 1.69. The molecule has 3 rings (SSSR count). The lowest BCUT2D eigenvalue weighted by atomic mass is 9.94. The minimum atomic E-state index is -1.37. The number of hydrogen-bond donors (Lipinski definition) is 1. The maximum Gasteiger partial charge on any atom is 0.340 e. The zero-order valence-corrected chi connectivity index (χ0v) is 11.2. The van der Waals surface area contributed by atoms with Crippen LogP contribution in [0.1, 0.15) is 12.5 Å². The molecule has 4 heteroatoms. The topological polar surface area (TPSA) is 59.7 Å². The summed E-state index contributed by atoms with van der Waals surface area (Å²) in [6.07, 6.45) is 0. The maximum absolute atomic E-state index is 11.4. The fourth-order valence-corrected chi connectivity index (χ4v) is 2.35. The lowest BCUT2D eigenvalue weighted by Gasteiger charge is -2.23. The van der Waals surface area contributed by atoms with Gasteiger partial charge in [0.2, 0.25) is 0 Å². The van der Waals surface area contributed by atoms with Gasteiger partial charge in [-0.3, -0.25) is 0 Å². The van der Waals surface area contributed by atoms with E-state index in [4.69, 9.17) is 9.15 Å². The van der Waals surface area contributed by atoms with Gasteiger partial charge in [-0.2, -0.15) is 0 Å². The highest BCUT2D eigenvalue weighted by atomic mass is 16.5. The molecular formula is C16H14O4. The molecule has 2 aromatic carbocycles. The van der Waals surface area contributed by atoms with E-state index in [0.717, 1.165) is 21.9 Å². The Bertz CT molecular complexity index is 802. The lowest BCUT2D eigenvalue weighted by molar-refractivity contribution is -0.161. The van der Waals surface area contributed by atoms with Gasteiger partial charge in [0.15, 0.2) is 5.60 Å². The minimum absolute atomic E-state index is 0.589. The maximum atomic E-state index is 11.4. The summed E-state index contributed by atoms with van der Waals surface area (Å²) in [5, 5.41) is 11.2. The molecule has 1 N–H and O–H groups in total. The first-order valence-electron chi connectivity index (χ1n) is 6.26. The third-order valence-corrected chi connectivity index (χ3v) is 3.74. The number of carbonyl (C=O) groups is 1. The van der Waals surface area contributed by atoms with Gasteiger partial charge in [-0.15, -0.1) is 0 Å². The first-order valence-corrected chi connectivity index (χ1v) is 6.26. The molecule has 0 radical (unpaired) electrons. The second kappa shape index (κ2) is 4.35. The quantitative estimate of drug-likeness (QED) is 0.791. The first kappa shape index (κ1) is 12.7. The smallest absolute Gasteiger partial charge is 0.340 e. The predicted octanol–water partition coefficient (Wildman–Crippen LogP) is 3.53. The van der Waals surface area contributed by atoms with Crippen LogP contribution in [-0.4, -0.2) is 18.2 Å². The number of aliphatic carboxylic acids is 1. The SMILES string of the molecule is COC(C)(C(=O)O)c1ccc2oc3ccccc3c2c1. The van der Waals surface area contributed by atoms with E-state index in [1.807, 2.05) is 30.3 Å². The van der Waals surface area contributed by atoms with Crippen LogP contribution in [0.3, 0.4) is 0 Å². The van der Waals surface area contributed by atoms with Crippen molar-refractivity contribution in [3.05, 3.63) is 48.0 Å². The van der Waals surface area contributed by atoms with Crippen LogP contribution < -0.4 is 0 Å². The fourth-order valence-electron chi connectivity index (χ4n) is 2.35. The van der Waals surface area contributed by atoms with E-state index in [1.54, 1.807) is 19.1 Å². The number of carboxylic acid groups (broad SMARTS) is 1. The largest absolute Gasteiger partial charge is 0.479 e. The highest BCUT2D eigenvalue weighted by molar-refractivity contribution is 6.05. The summed E-state index contributed by atoms with van der Waals surface area (Å²) >= 11 is 0. The Morgan fingerprint density at radius 2 is 1.85 bits per heavy atom. The van der Waals surface area contributed by atoms with Gasteiger partial charge in [-0.05, 0) is 30.7 Å². The normalized spacial score (nSPS) is 14.5. The Hall–Kier alpha value is -2.33. The molecule has 0 amide bonds. The molecule has 20 heavy (non-hydrogen) atoms. The molecule has 0 saturated carbocycles. The number of ether oxygens (including phenoxy) is 1. The zero-order chi connectivity index (χ0) is 14.3. The fraction of sp³-hybridized carbons (Fsp3) is 0.188. The molecule has 0 aliphatic heterocycles. The van der Waals surface area contributed by atoms with Gasteiger partial charge in [-0.1, -0.05) is 24.3 Å². The van der Waals surface area contributed by atoms with Crippen molar-refractivity contribution in [3.63, 3.8) is 0 Å². The second-order valence-electron chi connectivity index (χ2n) is 4.85. The summed E-state index contributed by atoms with van der Waals surface area (Å²) in [5.74, 6) is -1.02. The molecule has 1 heterocycles. The molecule has 0 fully saturated rings. The molecule has 0 aliphatic carbocycles. The highest BCUT2D eigenvalue weighted by Gasteiger charge is 2.35. The van der Waals surface area contributed by atoms with E-state index in [1.165, 1.54) is 7.11 Å². The molecule has 0 spiro atoms. The molecule has 4 nitrogen and oxygen atoms in total. The molecule has 102 valence electrons. The average Bonchev–Trinajstić information content (AvgIpc) is 2.83. The van der Waals surface area contributed by atoms with Crippen molar-refractivity contribution in [2.24, 2.45) is 0 Å². The average molecular weight is 270 g/mol. The van der Waals surface area contributed by atoms with Crippen molar-refractivity contribution in [1.82, 2.24) is 0 Å². The summed E-state index contributed by atoms with van der Waals surface area (Å²) in [7, 11) is 1.39. The Labute approximate surface area is 115 Å². The van der Waals surface area contributed by atoms with Crippen molar-refractivity contribution < 1.29 is 19.1 Å². The van der Waals surface area contributed by atoms with Crippen molar-refractivity contribution in [1.29, 1.82) is 0 Å². The van der Waals surface area contributed by atoms with Gasteiger partial charge in [0.05, 0.1) is 0 Å². The number of hydrogen-bond acceptors (Lipinski definition) is 3. The number of para-hydroxylation sites is 1. The van der Waals surface area contributed by atoms with Gasteiger partial charge in [-0.25, -0.2) is 4.79 Å². The zero-order valence-electron chi connectivity index (χ0n) is 11.2. The summed E-state index contributed by atoms with van der Waals surface area (Å²) in [6, 6.07) is 13.0. The second-order valence-corrected chi connectivity index (χ2v) is 4.85. The molecular weight excluding hydrogens is 256 g/mol. The van der Waals surface area contributed by atoms with Crippen LogP contribution in [0.15, 0.2) is 46.9 Å². The molecule has 0 bridgehead atoms. The van der Waals surface area contributed by atoms with Gasteiger partial charge >= 0.3 is 5.97 Å². The summed E-state index contributed by atoms with van der Waals surface area (Å²) in [6.45, 7) is 1.54. The highest BCUT2D eigenvalue weighted by Crippen LogP contribution is 2.33. The molecule has 1 atom stereocenters.